The molecule has 0 amide bonds. The summed E-state index contributed by atoms with van der Waals surface area (Å²) in [6.45, 7) is 2.32. The van der Waals surface area contributed by atoms with Gasteiger partial charge in [0.05, 0.1) is 6.10 Å². The summed E-state index contributed by atoms with van der Waals surface area (Å²) in [6.07, 6.45) is 13.2. The van der Waals surface area contributed by atoms with Crippen LogP contribution in [-0.2, 0) is 4.74 Å². The molecule has 0 aromatic heterocycles. The van der Waals surface area contributed by atoms with Crippen molar-refractivity contribution in [2.75, 3.05) is 13.2 Å². The second-order valence-electron chi connectivity index (χ2n) is 6.35. The summed E-state index contributed by atoms with van der Waals surface area (Å²) >= 11 is 0. The third-order valence-electron chi connectivity index (χ3n) is 4.95. The van der Waals surface area contributed by atoms with Crippen LogP contribution in [0.25, 0.3) is 0 Å². The average molecular weight is 237 g/mol. The van der Waals surface area contributed by atoms with E-state index in [1.807, 2.05) is 0 Å². The fourth-order valence-electron chi connectivity index (χ4n) is 3.37. The molecule has 98 valence electrons. The Balaban J connectivity index is 1.26. The first-order valence-electron chi connectivity index (χ1n) is 7.77. The third-order valence-corrected chi connectivity index (χ3v) is 4.95. The van der Waals surface area contributed by atoms with Gasteiger partial charge in [-0.1, -0.05) is 12.8 Å². The molecule has 0 bridgehead atoms. The molecule has 2 aliphatic carbocycles. The van der Waals surface area contributed by atoms with Gasteiger partial charge in [0, 0.05) is 12.6 Å². The third kappa shape index (κ3) is 3.45. The monoisotopic (exact) mass is 237 g/mol. The van der Waals surface area contributed by atoms with E-state index in [1.165, 1.54) is 64.3 Å². The Kier molecular flexibility index (Phi) is 4.02. The topological polar surface area (TPSA) is 21.3 Å². The lowest BCUT2D eigenvalue weighted by atomic mass is 9.71. The minimum absolute atomic E-state index is 0.609. The second kappa shape index (κ2) is 5.71. The molecule has 0 spiro atoms. The Morgan fingerprint density at radius 2 is 1.82 bits per heavy atom. The van der Waals surface area contributed by atoms with Gasteiger partial charge in [0.15, 0.2) is 0 Å². The van der Waals surface area contributed by atoms with Gasteiger partial charge in [0.1, 0.15) is 0 Å². The maximum Gasteiger partial charge on any atom is 0.0576 e. The number of ether oxygens (including phenoxy) is 1. The highest BCUT2D eigenvalue weighted by molar-refractivity contribution is 4.87. The summed E-state index contributed by atoms with van der Waals surface area (Å²) in [5, 5.41) is 3.70. The van der Waals surface area contributed by atoms with Crippen LogP contribution in [0.2, 0.25) is 0 Å². The van der Waals surface area contributed by atoms with Crippen LogP contribution in [0.5, 0.6) is 0 Å². The van der Waals surface area contributed by atoms with Crippen molar-refractivity contribution in [3.63, 3.8) is 0 Å². The van der Waals surface area contributed by atoms with Crippen molar-refractivity contribution in [3.8, 4) is 0 Å². The minimum atomic E-state index is 0.609. The molecule has 0 aromatic carbocycles. The van der Waals surface area contributed by atoms with Crippen molar-refractivity contribution < 1.29 is 4.74 Å². The Bertz CT molecular complexity index is 233. The number of hydrogen-bond acceptors (Lipinski definition) is 2. The van der Waals surface area contributed by atoms with Gasteiger partial charge in [-0.25, -0.2) is 0 Å². The summed E-state index contributed by atoms with van der Waals surface area (Å²) in [7, 11) is 0. The van der Waals surface area contributed by atoms with Crippen LogP contribution < -0.4 is 5.32 Å². The summed E-state index contributed by atoms with van der Waals surface area (Å²) in [4.78, 5) is 0. The van der Waals surface area contributed by atoms with E-state index < -0.39 is 0 Å². The van der Waals surface area contributed by atoms with Gasteiger partial charge in [-0.05, 0) is 63.3 Å². The van der Waals surface area contributed by atoms with Crippen LogP contribution in [0.4, 0.5) is 0 Å². The first-order chi connectivity index (χ1) is 8.42. The molecule has 3 fully saturated rings. The average Bonchev–Trinajstić information content (AvgIpc) is 2.98. The van der Waals surface area contributed by atoms with E-state index in [0.717, 1.165) is 24.5 Å². The second-order valence-corrected chi connectivity index (χ2v) is 6.35. The molecular weight excluding hydrogens is 210 g/mol. The zero-order valence-corrected chi connectivity index (χ0v) is 11.0. The van der Waals surface area contributed by atoms with Crippen LogP contribution in [0.3, 0.4) is 0 Å². The van der Waals surface area contributed by atoms with E-state index in [1.54, 1.807) is 0 Å². The molecule has 3 rings (SSSR count). The summed E-state index contributed by atoms with van der Waals surface area (Å²) in [6, 6.07) is 0.892. The summed E-state index contributed by atoms with van der Waals surface area (Å²) in [5.41, 5.74) is 0. The van der Waals surface area contributed by atoms with E-state index in [9.17, 15) is 0 Å². The Hall–Kier alpha value is -0.0800. The standard InChI is InChI=1S/C15H27NO/c1(4-15-5-2-10-17-15)3-12-6-7-13(12)11-16-14-8-9-14/h12-16H,1-11H2. The highest BCUT2D eigenvalue weighted by Crippen LogP contribution is 2.38. The van der Waals surface area contributed by atoms with E-state index in [2.05, 4.69) is 5.32 Å². The smallest absolute Gasteiger partial charge is 0.0576 e. The van der Waals surface area contributed by atoms with Crippen LogP contribution in [-0.4, -0.2) is 25.3 Å². The zero-order chi connectivity index (χ0) is 11.5. The zero-order valence-electron chi connectivity index (χ0n) is 11.0. The molecule has 1 heterocycles. The predicted molar refractivity (Wildman–Crippen MR) is 70.1 cm³/mol. The highest BCUT2D eigenvalue weighted by Gasteiger charge is 2.32. The van der Waals surface area contributed by atoms with E-state index in [-0.39, 0.29) is 0 Å². The van der Waals surface area contributed by atoms with Crippen LogP contribution >= 0.6 is 0 Å². The molecule has 1 saturated heterocycles. The van der Waals surface area contributed by atoms with E-state index in [0.29, 0.717) is 6.10 Å². The molecule has 1 N–H and O–H groups in total. The molecule has 17 heavy (non-hydrogen) atoms. The first-order valence-corrected chi connectivity index (χ1v) is 7.77. The SMILES string of the molecule is C1COC(CCCC2CCC2CNC2CC2)C1. The molecule has 3 aliphatic rings. The number of nitrogens with one attached hydrogen (secondary N) is 1. The van der Waals surface area contributed by atoms with Crippen LogP contribution in [0.1, 0.15) is 57.8 Å². The minimum Gasteiger partial charge on any atom is -0.378 e. The van der Waals surface area contributed by atoms with Gasteiger partial charge < -0.3 is 10.1 Å². The van der Waals surface area contributed by atoms with Crippen molar-refractivity contribution in [3.05, 3.63) is 0 Å². The van der Waals surface area contributed by atoms with Gasteiger partial charge in [-0.2, -0.15) is 0 Å². The Morgan fingerprint density at radius 1 is 0.941 bits per heavy atom. The molecule has 2 saturated carbocycles. The number of hydrogen-bond donors (Lipinski definition) is 1. The van der Waals surface area contributed by atoms with Gasteiger partial charge in [-0.15, -0.1) is 0 Å². The highest BCUT2D eigenvalue weighted by atomic mass is 16.5. The number of rotatable bonds is 7. The van der Waals surface area contributed by atoms with Crippen molar-refractivity contribution in [1.82, 2.24) is 5.32 Å². The maximum atomic E-state index is 5.69. The van der Waals surface area contributed by atoms with Gasteiger partial charge >= 0.3 is 0 Å². The molecule has 0 aromatic rings. The molecule has 3 unspecified atom stereocenters. The first kappa shape index (κ1) is 12.0. The predicted octanol–water partition coefficient (Wildman–Crippen LogP) is 3.11. The van der Waals surface area contributed by atoms with E-state index in [4.69, 9.17) is 4.74 Å². The summed E-state index contributed by atoms with van der Waals surface area (Å²) < 4.78 is 5.69. The van der Waals surface area contributed by atoms with Gasteiger partial charge in [0.25, 0.3) is 0 Å². The fourth-order valence-corrected chi connectivity index (χ4v) is 3.37. The maximum absolute atomic E-state index is 5.69. The molecule has 1 aliphatic heterocycles. The lowest BCUT2D eigenvalue weighted by Crippen LogP contribution is -2.36. The quantitative estimate of drug-likeness (QED) is 0.734. The molecular formula is C15H27NO. The van der Waals surface area contributed by atoms with Crippen molar-refractivity contribution in [1.29, 1.82) is 0 Å². The van der Waals surface area contributed by atoms with Crippen LogP contribution in [0.15, 0.2) is 0 Å². The molecule has 2 heteroatoms. The van der Waals surface area contributed by atoms with Crippen molar-refractivity contribution in [2.45, 2.75) is 69.9 Å². The molecule has 3 atom stereocenters. The fraction of sp³-hybridized carbons (Fsp3) is 1.00. The van der Waals surface area contributed by atoms with E-state index >= 15 is 0 Å². The van der Waals surface area contributed by atoms with Crippen molar-refractivity contribution in [2.24, 2.45) is 11.8 Å². The van der Waals surface area contributed by atoms with Gasteiger partial charge in [0.2, 0.25) is 0 Å². The van der Waals surface area contributed by atoms with Crippen LogP contribution in [0, 0.1) is 11.8 Å². The Labute approximate surface area is 105 Å². The largest absolute Gasteiger partial charge is 0.378 e. The summed E-state index contributed by atoms with van der Waals surface area (Å²) in [5.74, 6) is 2.03. The lowest BCUT2D eigenvalue weighted by molar-refractivity contribution is 0.0934. The van der Waals surface area contributed by atoms with Crippen molar-refractivity contribution >= 4 is 0 Å². The lowest BCUT2D eigenvalue weighted by Gasteiger charge is -2.37. The molecule has 2 nitrogen and oxygen atoms in total. The molecule has 0 radical (unpaired) electrons. The van der Waals surface area contributed by atoms with Gasteiger partial charge in [-0.3, -0.25) is 0 Å². The Morgan fingerprint density at radius 3 is 2.47 bits per heavy atom. The normalized spacial score (nSPS) is 37.1.